The number of nitrogens with zero attached hydrogens (tertiary/aromatic N) is 1. The van der Waals surface area contributed by atoms with Crippen LogP contribution in [0.4, 0.5) is 5.69 Å². The molecule has 0 aromatic carbocycles. The zero-order chi connectivity index (χ0) is 14.3. The van der Waals surface area contributed by atoms with Gasteiger partial charge in [0.25, 0.3) is 5.56 Å². The second-order valence-electron chi connectivity index (χ2n) is 5.16. The van der Waals surface area contributed by atoms with Gasteiger partial charge in [-0.1, -0.05) is 27.2 Å². The first-order valence-corrected chi connectivity index (χ1v) is 7.83. The molecule has 1 aromatic heterocycles. The Labute approximate surface area is 121 Å². The summed E-state index contributed by atoms with van der Waals surface area (Å²) in [6, 6.07) is 2.02. The van der Waals surface area contributed by atoms with E-state index in [1.54, 1.807) is 6.20 Å². The molecule has 1 aromatic rings. The molecule has 4 heteroatoms. The summed E-state index contributed by atoms with van der Waals surface area (Å²) in [4.78, 5) is 17.1. The van der Waals surface area contributed by atoms with Crippen LogP contribution in [0, 0.1) is 5.92 Å². The fourth-order valence-corrected chi connectivity index (χ4v) is 2.37. The molecule has 0 aliphatic heterocycles. The van der Waals surface area contributed by atoms with Crippen LogP contribution in [-0.2, 0) is 6.42 Å². The maximum Gasteiger partial charge on any atom is 0.271 e. The van der Waals surface area contributed by atoms with Crippen LogP contribution < -0.4 is 10.5 Å². The number of anilines is 1. The summed E-state index contributed by atoms with van der Waals surface area (Å²) in [6.45, 7) is 8.44. The van der Waals surface area contributed by atoms with E-state index in [-0.39, 0.29) is 5.56 Å². The van der Waals surface area contributed by atoms with E-state index >= 15 is 0 Å². The Balaban J connectivity index is 2.99. The van der Waals surface area contributed by atoms with Gasteiger partial charge in [-0.25, -0.2) is 0 Å². The lowest BCUT2D eigenvalue weighted by Crippen LogP contribution is -2.33. The largest absolute Gasteiger partial charge is 0.367 e. The molecule has 0 saturated heterocycles. The van der Waals surface area contributed by atoms with E-state index in [0.29, 0.717) is 5.92 Å². The van der Waals surface area contributed by atoms with Crippen molar-refractivity contribution in [1.29, 1.82) is 0 Å². The molecule has 0 bridgehead atoms. The fourth-order valence-electron chi connectivity index (χ4n) is 2.11. The van der Waals surface area contributed by atoms with Gasteiger partial charge in [-0.3, -0.25) is 4.79 Å². The first-order chi connectivity index (χ1) is 9.12. The van der Waals surface area contributed by atoms with Crippen LogP contribution in [-0.4, -0.2) is 23.8 Å². The van der Waals surface area contributed by atoms with Gasteiger partial charge in [0.2, 0.25) is 0 Å². The molecule has 0 saturated carbocycles. The Morgan fingerprint density at radius 1 is 1.42 bits per heavy atom. The highest BCUT2D eigenvalue weighted by Gasteiger charge is 2.13. The number of rotatable bonds is 8. The first kappa shape index (κ1) is 16.2. The molecule has 1 atom stereocenters. The molecule has 1 rings (SSSR count). The second-order valence-corrected chi connectivity index (χ2v) is 5.60. The van der Waals surface area contributed by atoms with E-state index in [2.05, 4.69) is 43.3 Å². The molecule has 19 heavy (non-hydrogen) atoms. The van der Waals surface area contributed by atoms with Crippen molar-refractivity contribution in [2.45, 2.75) is 40.0 Å². The predicted molar refractivity (Wildman–Crippen MR) is 86.6 cm³/mol. The molecule has 1 heterocycles. The van der Waals surface area contributed by atoms with Crippen molar-refractivity contribution in [2.24, 2.45) is 5.92 Å². The number of thiol groups is 1. The number of aryl methyl sites for hydroxylation is 1. The van der Waals surface area contributed by atoms with Gasteiger partial charge in [0.1, 0.15) is 5.69 Å². The number of nitrogens with one attached hydrogen (secondary N) is 1. The zero-order valence-electron chi connectivity index (χ0n) is 12.3. The molecule has 0 amide bonds. The van der Waals surface area contributed by atoms with E-state index in [1.807, 2.05) is 6.07 Å². The molecular formula is C15H26N2OS. The standard InChI is InChI=1S/C15H26N2OS/c1-4-7-17(11-12(3)5-2)14-9-13(6-8-19)10-16-15(14)18/h9-10,12,19H,4-8,11H2,1-3H3,(H,16,18). The number of aromatic amines is 1. The Bertz CT molecular complexity index is 430. The van der Waals surface area contributed by atoms with Gasteiger partial charge in [0.05, 0.1) is 0 Å². The Kier molecular flexibility index (Phi) is 7.06. The van der Waals surface area contributed by atoms with Crippen LogP contribution in [0.2, 0.25) is 0 Å². The molecule has 1 unspecified atom stereocenters. The van der Waals surface area contributed by atoms with Crippen LogP contribution in [0.5, 0.6) is 0 Å². The quantitative estimate of drug-likeness (QED) is 0.719. The van der Waals surface area contributed by atoms with Crippen molar-refractivity contribution in [2.75, 3.05) is 23.7 Å². The Hall–Kier alpha value is -0.900. The van der Waals surface area contributed by atoms with Gasteiger partial charge < -0.3 is 9.88 Å². The van der Waals surface area contributed by atoms with Crippen molar-refractivity contribution in [3.8, 4) is 0 Å². The maximum atomic E-state index is 12.0. The van der Waals surface area contributed by atoms with Gasteiger partial charge in [-0.15, -0.1) is 0 Å². The first-order valence-electron chi connectivity index (χ1n) is 7.19. The smallest absolute Gasteiger partial charge is 0.271 e. The minimum atomic E-state index is 0.0136. The van der Waals surface area contributed by atoms with E-state index in [0.717, 1.165) is 49.4 Å². The van der Waals surface area contributed by atoms with Gasteiger partial charge in [-0.05, 0) is 36.1 Å². The zero-order valence-corrected chi connectivity index (χ0v) is 13.2. The lowest BCUT2D eigenvalue weighted by Gasteiger charge is -2.26. The van der Waals surface area contributed by atoms with Crippen LogP contribution in [0.1, 0.15) is 39.2 Å². The highest BCUT2D eigenvalue weighted by Crippen LogP contribution is 2.15. The van der Waals surface area contributed by atoms with E-state index < -0.39 is 0 Å². The molecule has 0 spiro atoms. The minimum Gasteiger partial charge on any atom is -0.367 e. The average Bonchev–Trinajstić information content (AvgIpc) is 2.40. The summed E-state index contributed by atoms with van der Waals surface area (Å²) in [5.74, 6) is 1.39. The normalized spacial score (nSPS) is 12.4. The minimum absolute atomic E-state index is 0.0136. The van der Waals surface area contributed by atoms with Crippen molar-refractivity contribution in [3.05, 3.63) is 28.2 Å². The van der Waals surface area contributed by atoms with Crippen molar-refractivity contribution in [1.82, 2.24) is 4.98 Å². The Morgan fingerprint density at radius 3 is 2.74 bits per heavy atom. The predicted octanol–water partition coefficient (Wildman–Crippen LogP) is 3.11. The highest BCUT2D eigenvalue weighted by molar-refractivity contribution is 7.80. The van der Waals surface area contributed by atoms with E-state index in [1.165, 1.54) is 0 Å². The van der Waals surface area contributed by atoms with Crippen LogP contribution in [0.3, 0.4) is 0 Å². The lowest BCUT2D eigenvalue weighted by molar-refractivity contribution is 0.540. The third kappa shape index (κ3) is 4.94. The summed E-state index contributed by atoms with van der Waals surface area (Å²) in [5.41, 5.74) is 1.97. The molecule has 1 N–H and O–H groups in total. The van der Waals surface area contributed by atoms with Gasteiger partial charge >= 0.3 is 0 Å². The summed E-state index contributed by atoms with van der Waals surface area (Å²) in [5, 5.41) is 0. The number of aromatic nitrogens is 1. The lowest BCUT2D eigenvalue weighted by atomic mass is 10.1. The number of hydrogen-bond donors (Lipinski definition) is 2. The van der Waals surface area contributed by atoms with Crippen molar-refractivity contribution in [3.63, 3.8) is 0 Å². The number of pyridine rings is 1. The van der Waals surface area contributed by atoms with Crippen LogP contribution in [0.25, 0.3) is 0 Å². The van der Waals surface area contributed by atoms with Crippen LogP contribution >= 0.6 is 12.6 Å². The summed E-state index contributed by atoms with van der Waals surface area (Å²) < 4.78 is 0. The fraction of sp³-hybridized carbons (Fsp3) is 0.667. The molecule has 108 valence electrons. The summed E-state index contributed by atoms with van der Waals surface area (Å²) in [7, 11) is 0. The Morgan fingerprint density at radius 2 is 2.16 bits per heavy atom. The number of H-pyrrole nitrogens is 1. The molecule has 3 nitrogen and oxygen atoms in total. The van der Waals surface area contributed by atoms with E-state index in [9.17, 15) is 4.79 Å². The topological polar surface area (TPSA) is 36.1 Å². The number of hydrogen-bond acceptors (Lipinski definition) is 3. The third-order valence-corrected chi connectivity index (χ3v) is 3.63. The third-order valence-electron chi connectivity index (χ3n) is 3.41. The monoisotopic (exact) mass is 282 g/mol. The maximum absolute atomic E-state index is 12.0. The summed E-state index contributed by atoms with van der Waals surface area (Å²) in [6.07, 6.45) is 4.87. The molecule has 0 fully saturated rings. The second kappa shape index (κ2) is 8.31. The molecule has 0 radical (unpaired) electrons. The average molecular weight is 282 g/mol. The molecular weight excluding hydrogens is 256 g/mol. The van der Waals surface area contributed by atoms with Gasteiger partial charge in [0, 0.05) is 19.3 Å². The summed E-state index contributed by atoms with van der Waals surface area (Å²) >= 11 is 4.25. The molecule has 0 aliphatic rings. The van der Waals surface area contributed by atoms with Gasteiger partial charge in [-0.2, -0.15) is 12.6 Å². The van der Waals surface area contributed by atoms with Crippen molar-refractivity contribution >= 4 is 18.3 Å². The highest BCUT2D eigenvalue weighted by atomic mass is 32.1. The molecule has 0 aliphatic carbocycles. The SMILES string of the molecule is CCCN(CC(C)CC)c1cc(CCS)c[nH]c1=O. The van der Waals surface area contributed by atoms with Crippen LogP contribution in [0.15, 0.2) is 17.1 Å². The van der Waals surface area contributed by atoms with Gasteiger partial charge in [0.15, 0.2) is 0 Å². The van der Waals surface area contributed by atoms with E-state index in [4.69, 9.17) is 0 Å². The van der Waals surface area contributed by atoms with Crippen molar-refractivity contribution < 1.29 is 0 Å².